The maximum absolute atomic E-state index is 5.74. The Balaban J connectivity index is 1.89. The first-order valence-electron chi connectivity index (χ1n) is 8.07. The molecule has 0 fully saturated rings. The predicted octanol–water partition coefficient (Wildman–Crippen LogP) is 2.13. The van der Waals surface area contributed by atoms with Crippen molar-refractivity contribution in [2.75, 3.05) is 7.11 Å². The minimum absolute atomic E-state index is 0.536. The maximum atomic E-state index is 5.74. The number of hydrogen-bond acceptors (Lipinski definition) is 7. The normalized spacial score (nSPS) is 15.6. The summed E-state index contributed by atoms with van der Waals surface area (Å²) >= 11 is 0. The molecule has 3 aromatic rings. The molecule has 0 aromatic carbocycles. The van der Waals surface area contributed by atoms with Gasteiger partial charge in [0.05, 0.1) is 0 Å². The number of ether oxygens (including phenoxy) is 1. The number of methoxy groups -OCH3 is 1. The summed E-state index contributed by atoms with van der Waals surface area (Å²) < 4.78 is 5.74. The highest BCUT2D eigenvalue weighted by molar-refractivity contribution is 6.14. The van der Waals surface area contributed by atoms with Crippen LogP contribution < -0.4 is 5.32 Å². The number of aromatic nitrogens is 3. The van der Waals surface area contributed by atoms with Crippen LogP contribution in [0.25, 0.3) is 0 Å². The molecule has 0 amide bonds. The molecule has 0 spiro atoms. The van der Waals surface area contributed by atoms with Crippen LogP contribution in [0.4, 0.5) is 0 Å². The highest BCUT2D eigenvalue weighted by Gasteiger charge is 2.38. The van der Waals surface area contributed by atoms with Crippen molar-refractivity contribution in [2.24, 2.45) is 9.98 Å². The third-order valence-corrected chi connectivity index (χ3v) is 3.86. The molecule has 3 aromatic heterocycles. The van der Waals surface area contributed by atoms with E-state index in [9.17, 15) is 0 Å². The van der Waals surface area contributed by atoms with Crippen molar-refractivity contribution >= 4 is 11.7 Å². The van der Waals surface area contributed by atoms with Crippen molar-refractivity contribution in [1.82, 2.24) is 20.3 Å². The molecule has 0 bridgehead atoms. The van der Waals surface area contributed by atoms with Crippen molar-refractivity contribution in [3.63, 3.8) is 0 Å². The molecule has 1 N–H and O–H groups in total. The zero-order valence-electron chi connectivity index (χ0n) is 14.1. The smallest absolute Gasteiger partial charge is 0.305 e. The summed E-state index contributed by atoms with van der Waals surface area (Å²) in [6.07, 6.45) is 5.10. The fourth-order valence-corrected chi connectivity index (χ4v) is 2.61. The molecule has 0 unspecified atom stereocenters. The van der Waals surface area contributed by atoms with E-state index in [4.69, 9.17) is 14.7 Å². The molecule has 0 radical (unpaired) electrons. The van der Waals surface area contributed by atoms with Gasteiger partial charge >= 0.3 is 5.85 Å². The van der Waals surface area contributed by atoms with E-state index in [2.05, 4.69) is 20.3 Å². The molecule has 7 nitrogen and oxygen atoms in total. The van der Waals surface area contributed by atoms with Gasteiger partial charge in [0.2, 0.25) is 0 Å². The Morgan fingerprint density at radius 3 is 1.69 bits per heavy atom. The van der Waals surface area contributed by atoms with Crippen molar-refractivity contribution < 1.29 is 4.74 Å². The molecule has 7 heteroatoms. The lowest BCUT2D eigenvalue weighted by Crippen LogP contribution is -2.43. The Kier molecular flexibility index (Phi) is 4.20. The fraction of sp³-hybridized carbons (Fsp3) is 0.105. The van der Waals surface area contributed by atoms with Crippen molar-refractivity contribution in [1.29, 1.82) is 0 Å². The van der Waals surface area contributed by atoms with E-state index in [0.717, 1.165) is 0 Å². The summed E-state index contributed by atoms with van der Waals surface area (Å²) in [6.45, 7) is 0. The van der Waals surface area contributed by atoms with Crippen molar-refractivity contribution in [2.45, 2.75) is 5.85 Å². The first kappa shape index (κ1) is 16.0. The van der Waals surface area contributed by atoms with Crippen LogP contribution in [0.3, 0.4) is 0 Å². The van der Waals surface area contributed by atoms with Gasteiger partial charge in [-0.1, -0.05) is 18.2 Å². The van der Waals surface area contributed by atoms with Crippen LogP contribution in [0, 0.1) is 0 Å². The van der Waals surface area contributed by atoms with E-state index in [-0.39, 0.29) is 0 Å². The molecule has 128 valence electrons. The zero-order valence-corrected chi connectivity index (χ0v) is 14.1. The second kappa shape index (κ2) is 6.81. The summed E-state index contributed by atoms with van der Waals surface area (Å²) in [5.74, 6) is -0.242. The number of amidine groups is 2. The predicted molar refractivity (Wildman–Crippen MR) is 97.6 cm³/mol. The van der Waals surface area contributed by atoms with E-state index in [1.165, 1.54) is 0 Å². The quantitative estimate of drug-likeness (QED) is 0.784. The second-order valence-corrected chi connectivity index (χ2v) is 5.50. The van der Waals surface area contributed by atoms with Gasteiger partial charge in [0.15, 0.2) is 11.7 Å². The van der Waals surface area contributed by atoms with E-state index in [1.54, 1.807) is 25.7 Å². The minimum Gasteiger partial charge on any atom is -0.334 e. The zero-order chi connectivity index (χ0) is 17.8. The van der Waals surface area contributed by atoms with Crippen LogP contribution in [-0.2, 0) is 10.6 Å². The summed E-state index contributed by atoms with van der Waals surface area (Å²) in [4.78, 5) is 22.5. The number of rotatable bonds is 4. The highest BCUT2D eigenvalue weighted by Crippen LogP contribution is 2.30. The number of nitrogens with one attached hydrogen (secondary N) is 1. The van der Waals surface area contributed by atoms with Crippen molar-refractivity contribution in [3.8, 4) is 0 Å². The number of hydrogen-bond donors (Lipinski definition) is 1. The monoisotopic (exact) mass is 344 g/mol. The van der Waals surface area contributed by atoms with Gasteiger partial charge in [-0.25, -0.2) is 9.98 Å². The Morgan fingerprint density at radius 1 is 0.731 bits per heavy atom. The Bertz CT molecular complexity index is 886. The van der Waals surface area contributed by atoms with Gasteiger partial charge in [0.1, 0.15) is 17.1 Å². The van der Waals surface area contributed by atoms with E-state index >= 15 is 0 Å². The molecule has 0 saturated carbocycles. The SMILES string of the molecule is COC1(c2ccccn2)N=C(c2ccccn2)NC(c2ccccn2)=N1. The highest BCUT2D eigenvalue weighted by atomic mass is 16.5. The van der Waals surface area contributed by atoms with Gasteiger partial charge < -0.3 is 10.1 Å². The lowest BCUT2D eigenvalue weighted by Gasteiger charge is -2.29. The van der Waals surface area contributed by atoms with Gasteiger partial charge in [0, 0.05) is 25.7 Å². The van der Waals surface area contributed by atoms with Crippen LogP contribution in [0.1, 0.15) is 17.1 Å². The third-order valence-electron chi connectivity index (χ3n) is 3.86. The Hall–Kier alpha value is -3.45. The van der Waals surface area contributed by atoms with Gasteiger partial charge in [-0.05, 0) is 36.4 Å². The molecule has 0 aliphatic carbocycles. The van der Waals surface area contributed by atoms with Crippen LogP contribution >= 0.6 is 0 Å². The standard InChI is InChI=1S/C19H16N6O/c1-26-19(16-10-4-7-13-22-16)24-17(14-8-2-5-11-20-14)23-18(25-19)15-9-3-6-12-21-15/h2-13H,1H3,(H,23,24,25). The number of pyridine rings is 3. The van der Waals surface area contributed by atoms with Gasteiger partial charge in [-0.2, -0.15) is 0 Å². The van der Waals surface area contributed by atoms with Crippen LogP contribution in [0.2, 0.25) is 0 Å². The molecule has 1 aliphatic heterocycles. The molecular formula is C19H16N6O. The molecule has 1 aliphatic rings. The maximum Gasteiger partial charge on any atom is 0.305 e. The second-order valence-electron chi connectivity index (χ2n) is 5.50. The Morgan fingerprint density at radius 2 is 1.27 bits per heavy atom. The van der Waals surface area contributed by atoms with E-state index < -0.39 is 5.85 Å². The van der Waals surface area contributed by atoms with E-state index in [0.29, 0.717) is 28.8 Å². The van der Waals surface area contributed by atoms with E-state index in [1.807, 2.05) is 54.6 Å². The van der Waals surface area contributed by atoms with Gasteiger partial charge in [0.25, 0.3) is 0 Å². The molecule has 26 heavy (non-hydrogen) atoms. The molecule has 0 saturated heterocycles. The average Bonchev–Trinajstić information content (AvgIpc) is 2.75. The first-order chi connectivity index (χ1) is 12.8. The lowest BCUT2D eigenvalue weighted by molar-refractivity contribution is -0.00411. The summed E-state index contributed by atoms with van der Waals surface area (Å²) in [5, 5.41) is 3.21. The summed E-state index contributed by atoms with van der Waals surface area (Å²) in [6, 6.07) is 16.8. The van der Waals surface area contributed by atoms with Crippen LogP contribution in [0.15, 0.2) is 83.2 Å². The molecular weight excluding hydrogens is 328 g/mol. The summed E-state index contributed by atoms with van der Waals surface area (Å²) in [5.41, 5.74) is 1.92. The minimum atomic E-state index is -1.31. The largest absolute Gasteiger partial charge is 0.334 e. The van der Waals surface area contributed by atoms with Crippen molar-refractivity contribution in [3.05, 3.63) is 90.3 Å². The van der Waals surface area contributed by atoms with Gasteiger partial charge in [-0.15, -0.1) is 0 Å². The van der Waals surface area contributed by atoms with Crippen LogP contribution in [0.5, 0.6) is 0 Å². The van der Waals surface area contributed by atoms with Gasteiger partial charge in [-0.3, -0.25) is 15.0 Å². The third kappa shape index (κ3) is 2.96. The molecule has 4 heterocycles. The molecule has 0 atom stereocenters. The Labute approximate surface area is 150 Å². The number of nitrogens with zero attached hydrogens (tertiary/aromatic N) is 5. The topological polar surface area (TPSA) is 84.7 Å². The lowest BCUT2D eigenvalue weighted by atomic mass is 10.2. The first-order valence-corrected chi connectivity index (χ1v) is 8.07. The fourth-order valence-electron chi connectivity index (χ4n) is 2.61. The number of aliphatic imine (C=N–C) groups is 2. The average molecular weight is 344 g/mol. The van der Waals surface area contributed by atoms with Crippen LogP contribution in [-0.4, -0.2) is 33.7 Å². The summed E-state index contributed by atoms with van der Waals surface area (Å²) in [7, 11) is 1.55. The molecule has 4 rings (SSSR count).